The number of nitrogens with one attached hydrogen (secondary N) is 3. The molecule has 2 aromatic heterocycles. The Bertz CT molecular complexity index is 939. The number of nitrogens with two attached hydrogens (primary N) is 1. The number of amides is 3. The smallest absolute Gasteiger partial charge is 0.323 e. The third-order valence-corrected chi connectivity index (χ3v) is 3.52. The summed E-state index contributed by atoms with van der Waals surface area (Å²) in [6.45, 7) is 0. The molecule has 1 aromatic carbocycles. The molecule has 26 heavy (non-hydrogen) atoms. The van der Waals surface area contributed by atoms with Crippen LogP contribution in [0, 0.1) is 0 Å². The van der Waals surface area contributed by atoms with E-state index in [-0.39, 0.29) is 11.4 Å². The molecule has 0 aliphatic heterocycles. The third kappa shape index (κ3) is 3.61. The van der Waals surface area contributed by atoms with Gasteiger partial charge in [0.15, 0.2) is 0 Å². The molecule has 0 atom stereocenters. The van der Waals surface area contributed by atoms with E-state index in [1.54, 1.807) is 0 Å². The van der Waals surface area contributed by atoms with Gasteiger partial charge in [0.25, 0.3) is 5.91 Å². The maximum absolute atomic E-state index is 12.3. The van der Waals surface area contributed by atoms with Gasteiger partial charge in [-0.15, -0.1) is 0 Å². The first-order chi connectivity index (χ1) is 12.6. The number of benzene rings is 1. The van der Waals surface area contributed by atoms with Gasteiger partial charge in [-0.05, 0) is 6.07 Å². The van der Waals surface area contributed by atoms with Crippen LogP contribution in [0.3, 0.4) is 0 Å². The average molecular weight is 352 g/mol. The Kier molecular flexibility index (Phi) is 4.79. The molecular weight excluding hydrogens is 336 g/mol. The molecule has 0 fully saturated rings. The number of urea groups is 1. The van der Waals surface area contributed by atoms with E-state index >= 15 is 0 Å². The van der Waals surface area contributed by atoms with Crippen molar-refractivity contribution >= 4 is 23.3 Å². The number of hydrogen-bond donors (Lipinski definition) is 4. The highest BCUT2D eigenvalue weighted by Gasteiger charge is 2.14. The largest absolute Gasteiger partial charge is 0.480 e. The van der Waals surface area contributed by atoms with Gasteiger partial charge >= 0.3 is 6.03 Å². The van der Waals surface area contributed by atoms with Crippen molar-refractivity contribution in [1.82, 2.24) is 15.2 Å². The van der Waals surface area contributed by atoms with Crippen molar-refractivity contribution in [2.75, 3.05) is 17.7 Å². The second-order valence-corrected chi connectivity index (χ2v) is 5.25. The van der Waals surface area contributed by atoms with Gasteiger partial charge < -0.3 is 21.1 Å². The van der Waals surface area contributed by atoms with Gasteiger partial charge in [-0.25, -0.2) is 9.78 Å². The van der Waals surface area contributed by atoms with Crippen LogP contribution < -0.4 is 21.1 Å². The molecule has 0 radical (unpaired) electrons. The van der Waals surface area contributed by atoms with Crippen LogP contribution in [0.5, 0.6) is 5.88 Å². The summed E-state index contributed by atoms with van der Waals surface area (Å²) < 4.78 is 4.96. The SMILES string of the molecule is COc1ncc(NC(=O)Nc2cn[nH]c2-c2ccccc2)cc1C(N)=O. The molecule has 3 rings (SSSR count). The number of carbonyl (C=O) groups excluding carboxylic acids is 2. The first kappa shape index (κ1) is 17.0. The van der Waals surface area contributed by atoms with Crippen LogP contribution >= 0.6 is 0 Å². The number of ether oxygens (including phenoxy) is 1. The summed E-state index contributed by atoms with van der Waals surface area (Å²) >= 11 is 0. The van der Waals surface area contributed by atoms with Gasteiger partial charge in [-0.2, -0.15) is 5.10 Å². The second kappa shape index (κ2) is 7.34. The van der Waals surface area contributed by atoms with Gasteiger partial charge in [0.1, 0.15) is 5.56 Å². The highest BCUT2D eigenvalue weighted by atomic mass is 16.5. The summed E-state index contributed by atoms with van der Waals surface area (Å²) in [6.07, 6.45) is 2.86. The lowest BCUT2D eigenvalue weighted by Crippen LogP contribution is -2.20. The highest BCUT2D eigenvalue weighted by Crippen LogP contribution is 2.25. The predicted molar refractivity (Wildman–Crippen MR) is 96.0 cm³/mol. The zero-order valence-corrected chi connectivity index (χ0v) is 13.8. The number of rotatable bonds is 5. The van der Waals surface area contributed by atoms with E-state index in [9.17, 15) is 9.59 Å². The Labute approximate surface area is 148 Å². The molecule has 0 bridgehead atoms. The van der Waals surface area contributed by atoms with Gasteiger partial charge in [0, 0.05) is 5.56 Å². The molecule has 0 aliphatic carbocycles. The number of primary amides is 1. The van der Waals surface area contributed by atoms with E-state index in [1.165, 1.54) is 25.6 Å². The van der Waals surface area contributed by atoms with Crippen molar-refractivity contribution in [1.29, 1.82) is 0 Å². The van der Waals surface area contributed by atoms with E-state index in [0.29, 0.717) is 17.1 Å². The van der Waals surface area contributed by atoms with E-state index < -0.39 is 11.9 Å². The number of aromatic amines is 1. The van der Waals surface area contributed by atoms with Crippen LogP contribution in [0.1, 0.15) is 10.4 Å². The molecule has 3 aromatic rings. The molecule has 0 unspecified atom stereocenters. The Morgan fingerprint density at radius 3 is 2.62 bits per heavy atom. The molecule has 0 aliphatic rings. The summed E-state index contributed by atoms with van der Waals surface area (Å²) in [5, 5.41) is 12.1. The van der Waals surface area contributed by atoms with E-state index in [2.05, 4.69) is 25.8 Å². The molecule has 5 N–H and O–H groups in total. The van der Waals surface area contributed by atoms with Crippen molar-refractivity contribution in [3.63, 3.8) is 0 Å². The fourth-order valence-corrected chi connectivity index (χ4v) is 2.35. The van der Waals surface area contributed by atoms with Crippen molar-refractivity contribution in [2.45, 2.75) is 0 Å². The lowest BCUT2D eigenvalue weighted by atomic mass is 10.1. The predicted octanol–water partition coefficient (Wildman–Crippen LogP) is 2.22. The van der Waals surface area contributed by atoms with Gasteiger partial charge in [0.2, 0.25) is 5.88 Å². The number of hydrogen-bond acceptors (Lipinski definition) is 5. The van der Waals surface area contributed by atoms with Gasteiger partial charge in [-0.3, -0.25) is 9.89 Å². The molecule has 0 saturated carbocycles. The summed E-state index contributed by atoms with van der Waals surface area (Å²) in [6, 6.07) is 10.3. The van der Waals surface area contributed by atoms with Crippen LogP contribution in [0.25, 0.3) is 11.3 Å². The number of carbonyl (C=O) groups is 2. The van der Waals surface area contributed by atoms with Gasteiger partial charge in [-0.1, -0.05) is 30.3 Å². The summed E-state index contributed by atoms with van der Waals surface area (Å²) in [4.78, 5) is 27.6. The molecule has 9 nitrogen and oxygen atoms in total. The van der Waals surface area contributed by atoms with Crippen LogP contribution in [0.15, 0.2) is 48.8 Å². The molecular formula is C17H16N6O3. The summed E-state index contributed by atoms with van der Waals surface area (Å²) in [5.41, 5.74) is 7.70. The lowest BCUT2D eigenvalue weighted by Gasteiger charge is -2.10. The average Bonchev–Trinajstić information content (AvgIpc) is 3.10. The topological polar surface area (TPSA) is 135 Å². The Morgan fingerprint density at radius 1 is 1.15 bits per heavy atom. The first-order valence-electron chi connectivity index (χ1n) is 7.59. The van der Waals surface area contributed by atoms with Crippen molar-refractivity contribution < 1.29 is 14.3 Å². The van der Waals surface area contributed by atoms with Crippen molar-refractivity contribution in [2.24, 2.45) is 5.73 Å². The first-order valence-corrected chi connectivity index (χ1v) is 7.59. The van der Waals surface area contributed by atoms with E-state index in [4.69, 9.17) is 10.5 Å². The minimum absolute atomic E-state index is 0.0681. The lowest BCUT2D eigenvalue weighted by molar-refractivity contribution is 0.0996. The zero-order valence-electron chi connectivity index (χ0n) is 13.8. The Morgan fingerprint density at radius 2 is 1.92 bits per heavy atom. The molecule has 2 heterocycles. The summed E-state index contributed by atoms with van der Waals surface area (Å²) in [5.74, 6) is -0.621. The fraction of sp³-hybridized carbons (Fsp3) is 0.0588. The number of nitrogens with zero attached hydrogens (tertiary/aromatic N) is 2. The summed E-state index contributed by atoms with van der Waals surface area (Å²) in [7, 11) is 1.37. The molecule has 9 heteroatoms. The normalized spacial score (nSPS) is 10.2. The Balaban J connectivity index is 1.76. The number of aromatic nitrogens is 3. The van der Waals surface area contributed by atoms with Crippen LogP contribution in [-0.4, -0.2) is 34.2 Å². The second-order valence-electron chi connectivity index (χ2n) is 5.25. The van der Waals surface area contributed by atoms with E-state index in [1.807, 2.05) is 30.3 Å². The minimum Gasteiger partial charge on any atom is -0.480 e. The highest BCUT2D eigenvalue weighted by molar-refractivity contribution is 6.03. The molecule has 3 amide bonds. The molecule has 0 saturated heterocycles. The quantitative estimate of drug-likeness (QED) is 0.558. The third-order valence-electron chi connectivity index (χ3n) is 3.52. The number of pyridine rings is 1. The van der Waals surface area contributed by atoms with E-state index in [0.717, 1.165) is 5.56 Å². The number of H-pyrrole nitrogens is 1. The maximum atomic E-state index is 12.3. The van der Waals surface area contributed by atoms with Crippen molar-refractivity contribution in [3.05, 3.63) is 54.4 Å². The number of methoxy groups -OCH3 is 1. The number of anilines is 2. The van der Waals surface area contributed by atoms with Crippen molar-refractivity contribution in [3.8, 4) is 17.1 Å². The fourth-order valence-electron chi connectivity index (χ4n) is 2.35. The van der Waals surface area contributed by atoms with Crippen LogP contribution in [0.4, 0.5) is 16.2 Å². The van der Waals surface area contributed by atoms with Gasteiger partial charge in [0.05, 0.1) is 36.6 Å². The Hall–Kier alpha value is -3.88. The monoisotopic (exact) mass is 352 g/mol. The van der Waals surface area contributed by atoms with Crippen LogP contribution in [-0.2, 0) is 0 Å². The van der Waals surface area contributed by atoms with Crippen LogP contribution in [0.2, 0.25) is 0 Å². The molecule has 132 valence electrons. The zero-order chi connectivity index (χ0) is 18.5. The standard InChI is InChI=1S/C17H16N6O3/c1-26-16-12(15(18)24)7-11(8-19-16)21-17(25)22-13-9-20-23-14(13)10-5-3-2-4-6-10/h2-9H,1H3,(H2,18,24)(H,20,23)(H2,21,22,25). The molecule has 0 spiro atoms. The minimum atomic E-state index is -0.709. The maximum Gasteiger partial charge on any atom is 0.323 e.